The molecule has 0 bridgehead atoms. The molecule has 3 rings (SSSR count). The van der Waals surface area contributed by atoms with Gasteiger partial charge in [0.05, 0.1) is 21.7 Å². The van der Waals surface area contributed by atoms with Crippen molar-refractivity contribution in [3.8, 4) is 0 Å². The fraction of sp³-hybridized carbons (Fsp3) is 0.0714. The molecule has 2 N–H and O–H groups in total. The molecule has 0 unspecified atom stereocenters. The third-order valence-corrected chi connectivity index (χ3v) is 5.35. The van der Waals surface area contributed by atoms with Gasteiger partial charge in [0.25, 0.3) is 0 Å². The number of sulfonamides is 1. The summed E-state index contributed by atoms with van der Waals surface area (Å²) >= 11 is 6.50. The number of aromatic nitrogens is 1. The lowest BCUT2D eigenvalue weighted by atomic mass is 10.2. The second-order valence-electron chi connectivity index (χ2n) is 4.57. The van der Waals surface area contributed by atoms with E-state index in [1.807, 2.05) is 24.3 Å². The first-order valence-electron chi connectivity index (χ1n) is 6.19. The largest absolute Gasteiger partial charge is 0.337 e. The minimum absolute atomic E-state index is 0.0469. The zero-order valence-electron chi connectivity index (χ0n) is 10.9. The fourth-order valence-electron chi connectivity index (χ4n) is 2.02. The number of H-pyrrole nitrogens is 1. The molecular weight excluding hydrogens is 324 g/mol. The lowest BCUT2D eigenvalue weighted by molar-refractivity contribution is 0.600. The van der Waals surface area contributed by atoms with Crippen LogP contribution in [0, 0.1) is 3.95 Å². The smallest absolute Gasteiger partial charge is 0.236 e. The van der Waals surface area contributed by atoms with Crippen LogP contribution in [0.5, 0.6) is 0 Å². The van der Waals surface area contributed by atoms with Crippen molar-refractivity contribution < 1.29 is 8.42 Å². The van der Waals surface area contributed by atoms with Gasteiger partial charge in [-0.15, -0.1) is 11.3 Å². The Labute approximate surface area is 131 Å². The fourth-order valence-corrected chi connectivity index (χ4v) is 4.36. The van der Waals surface area contributed by atoms with Crippen LogP contribution in [-0.2, 0) is 15.8 Å². The van der Waals surface area contributed by atoms with Gasteiger partial charge in [-0.05, 0) is 36.0 Å². The number of anilines is 1. The van der Waals surface area contributed by atoms with Gasteiger partial charge < -0.3 is 4.98 Å². The zero-order chi connectivity index (χ0) is 14.9. The molecule has 0 spiro atoms. The topological polar surface area (TPSA) is 62.0 Å². The summed E-state index contributed by atoms with van der Waals surface area (Å²) in [5.74, 6) is -0.0469. The van der Waals surface area contributed by atoms with E-state index in [1.54, 1.807) is 24.3 Å². The van der Waals surface area contributed by atoms with Gasteiger partial charge in [-0.25, -0.2) is 8.42 Å². The van der Waals surface area contributed by atoms with Crippen LogP contribution in [-0.4, -0.2) is 13.4 Å². The van der Waals surface area contributed by atoms with Gasteiger partial charge in [0.1, 0.15) is 0 Å². The molecule has 21 heavy (non-hydrogen) atoms. The van der Waals surface area contributed by atoms with E-state index in [-0.39, 0.29) is 5.75 Å². The summed E-state index contributed by atoms with van der Waals surface area (Å²) in [6, 6.07) is 14.4. The predicted octanol–water partition coefficient (Wildman–Crippen LogP) is 3.90. The molecule has 0 amide bonds. The molecule has 0 saturated heterocycles. The maximum Gasteiger partial charge on any atom is 0.236 e. The van der Waals surface area contributed by atoms with E-state index < -0.39 is 10.0 Å². The summed E-state index contributed by atoms with van der Waals surface area (Å²) in [6.07, 6.45) is 0. The average Bonchev–Trinajstić information content (AvgIpc) is 2.78. The minimum atomic E-state index is -3.43. The Kier molecular flexibility index (Phi) is 3.79. The first-order valence-corrected chi connectivity index (χ1v) is 9.07. The van der Waals surface area contributed by atoms with E-state index >= 15 is 0 Å². The minimum Gasteiger partial charge on any atom is -0.337 e. The normalized spacial score (nSPS) is 11.6. The molecule has 1 heterocycles. The second kappa shape index (κ2) is 5.59. The van der Waals surface area contributed by atoms with Crippen molar-refractivity contribution in [1.29, 1.82) is 0 Å². The molecule has 1 aromatic heterocycles. The number of benzene rings is 2. The van der Waals surface area contributed by atoms with Crippen molar-refractivity contribution in [2.75, 3.05) is 4.72 Å². The molecule has 0 saturated carbocycles. The third-order valence-electron chi connectivity index (χ3n) is 2.89. The van der Waals surface area contributed by atoms with Crippen LogP contribution >= 0.6 is 23.6 Å². The lowest BCUT2D eigenvalue weighted by Crippen LogP contribution is -2.14. The SMILES string of the molecule is O=S(=O)(Cc1ccccc1)Nc1ccc2[nH]c(=S)sc2c1. The van der Waals surface area contributed by atoms with Gasteiger partial charge in [0, 0.05) is 0 Å². The summed E-state index contributed by atoms with van der Waals surface area (Å²) in [6.45, 7) is 0. The van der Waals surface area contributed by atoms with Crippen LogP contribution in [0.3, 0.4) is 0 Å². The van der Waals surface area contributed by atoms with Crippen LogP contribution in [0.4, 0.5) is 5.69 Å². The highest BCUT2D eigenvalue weighted by atomic mass is 32.2. The summed E-state index contributed by atoms with van der Waals surface area (Å²) in [4.78, 5) is 3.04. The molecule has 0 radical (unpaired) electrons. The number of nitrogens with one attached hydrogen (secondary N) is 2. The number of aromatic amines is 1. The van der Waals surface area contributed by atoms with E-state index in [2.05, 4.69) is 9.71 Å². The number of hydrogen-bond donors (Lipinski definition) is 2. The molecule has 0 fully saturated rings. The molecule has 0 aliphatic heterocycles. The van der Waals surface area contributed by atoms with Gasteiger partial charge in [0.15, 0.2) is 3.95 Å². The van der Waals surface area contributed by atoms with Crippen LogP contribution in [0.1, 0.15) is 5.56 Å². The molecule has 4 nitrogen and oxygen atoms in total. The number of hydrogen-bond acceptors (Lipinski definition) is 4. The Morgan fingerprint density at radius 2 is 1.90 bits per heavy atom. The molecule has 3 aromatic rings. The molecule has 0 aliphatic rings. The van der Waals surface area contributed by atoms with Gasteiger partial charge in [0.2, 0.25) is 10.0 Å². The maximum atomic E-state index is 12.2. The van der Waals surface area contributed by atoms with Gasteiger partial charge >= 0.3 is 0 Å². The van der Waals surface area contributed by atoms with Crippen molar-refractivity contribution in [1.82, 2.24) is 4.98 Å². The lowest BCUT2D eigenvalue weighted by Gasteiger charge is -2.08. The Morgan fingerprint density at radius 3 is 2.67 bits per heavy atom. The molecular formula is C14H12N2O2S3. The monoisotopic (exact) mass is 336 g/mol. The van der Waals surface area contributed by atoms with Crippen molar-refractivity contribution >= 4 is 49.5 Å². The number of rotatable bonds is 4. The van der Waals surface area contributed by atoms with E-state index in [1.165, 1.54) is 11.3 Å². The summed E-state index contributed by atoms with van der Waals surface area (Å²) in [5, 5.41) is 0. The average molecular weight is 336 g/mol. The van der Waals surface area contributed by atoms with E-state index in [9.17, 15) is 8.42 Å². The summed E-state index contributed by atoms with van der Waals surface area (Å²) in [5.41, 5.74) is 2.21. The van der Waals surface area contributed by atoms with Crippen molar-refractivity contribution in [3.63, 3.8) is 0 Å². The molecule has 2 aromatic carbocycles. The highest BCUT2D eigenvalue weighted by molar-refractivity contribution is 7.91. The molecule has 108 valence electrons. The van der Waals surface area contributed by atoms with E-state index in [0.717, 1.165) is 15.8 Å². The van der Waals surface area contributed by atoms with Crippen LogP contribution in [0.15, 0.2) is 48.5 Å². The first-order chi connectivity index (χ1) is 10.0. The van der Waals surface area contributed by atoms with E-state index in [0.29, 0.717) is 9.64 Å². The standard InChI is InChI=1S/C14H12N2O2S3/c17-21(18,9-10-4-2-1-3-5-10)16-11-6-7-12-13(8-11)20-14(19)15-12/h1-8,16H,9H2,(H,15,19). The van der Waals surface area contributed by atoms with Gasteiger partial charge in [-0.3, -0.25) is 4.72 Å². The van der Waals surface area contributed by atoms with E-state index in [4.69, 9.17) is 12.2 Å². The Morgan fingerprint density at radius 1 is 1.14 bits per heavy atom. The van der Waals surface area contributed by atoms with Crippen molar-refractivity contribution in [2.24, 2.45) is 0 Å². The van der Waals surface area contributed by atoms with Crippen LogP contribution in [0.2, 0.25) is 0 Å². The molecule has 7 heteroatoms. The van der Waals surface area contributed by atoms with Crippen molar-refractivity contribution in [3.05, 3.63) is 58.0 Å². The molecule has 0 atom stereocenters. The quantitative estimate of drug-likeness (QED) is 0.710. The predicted molar refractivity (Wildman–Crippen MR) is 89.7 cm³/mol. The summed E-state index contributed by atoms with van der Waals surface area (Å²) < 4.78 is 28.6. The van der Waals surface area contributed by atoms with Crippen LogP contribution in [0.25, 0.3) is 10.2 Å². The third kappa shape index (κ3) is 3.49. The van der Waals surface area contributed by atoms with Gasteiger partial charge in [-0.1, -0.05) is 30.3 Å². The van der Waals surface area contributed by atoms with Crippen LogP contribution < -0.4 is 4.72 Å². The Balaban J connectivity index is 1.84. The number of thiazole rings is 1. The molecule has 0 aliphatic carbocycles. The van der Waals surface area contributed by atoms with Gasteiger partial charge in [-0.2, -0.15) is 0 Å². The van der Waals surface area contributed by atoms with Crippen molar-refractivity contribution in [2.45, 2.75) is 5.75 Å². The second-order valence-corrected chi connectivity index (χ2v) is 8.01. The summed E-state index contributed by atoms with van der Waals surface area (Å²) in [7, 11) is -3.43. The number of fused-ring (bicyclic) bond motifs is 1. The maximum absolute atomic E-state index is 12.2. The highest BCUT2D eigenvalue weighted by Crippen LogP contribution is 2.24. The highest BCUT2D eigenvalue weighted by Gasteiger charge is 2.12. The Bertz CT molecular complexity index is 928. The Hall–Kier alpha value is -1.70. The first kappa shape index (κ1) is 14.2. The zero-order valence-corrected chi connectivity index (χ0v) is 13.3.